The third-order valence-electron chi connectivity index (χ3n) is 4.50. The smallest absolute Gasteiger partial charge is 0.229 e. The molecule has 2 heterocycles. The number of rotatable bonds is 5. The lowest BCUT2D eigenvalue weighted by molar-refractivity contribution is 0.927. The number of anilines is 2. The highest BCUT2D eigenvalue weighted by atomic mass is 32.1. The number of imidazole rings is 1. The van der Waals surface area contributed by atoms with E-state index in [9.17, 15) is 0 Å². The van der Waals surface area contributed by atoms with Crippen LogP contribution in [0.15, 0.2) is 41.8 Å². The summed E-state index contributed by atoms with van der Waals surface area (Å²) in [6, 6.07) is 7.97. The van der Waals surface area contributed by atoms with E-state index < -0.39 is 0 Å². The topological polar surface area (TPSA) is 103 Å². The largest absolute Gasteiger partial charge is 0.348 e. The number of thiocarbonyl (C=S) groups is 1. The third-order valence-corrected chi connectivity index (χ3v) is 4.71. The van der Waals surface area contributed by atoms with Crippen molar-refractivity contribution in [3.63, 3.8) is 0 Å². The van der Waals surface area contributed by atoms with Gasteiger partial charge in [0.2, 0.25) is 11.9 Å². The summed E-state index contributed by atoms with van der Waals surface area (Å²) in [4.78, 5) is 20.6. The Morgan fingerprint density at radius 2 is 1.87 bits per heavy atom. The van der Waals surface area contributed by atoms with E-state index in [1.807, 2.05) is 32.0 Å². The minimum Gasteiger partial charge on any atom is -0.348 e. The SMILES string of the molecule is Cc1cc(C)nc(NC(=NCCc2cnc[nH]2)NC(=S)Nc2cccc(C)c2C)n1. The molecule has 2 aromatic heterocycles. The van der Waals surface area contributed by atoms with Crippen LogP contribution in [-0.2, 0) is 6.42 Å². The number of hydrogen-bond acceptors (Lipinski definition) is 5. The molecular formula is C21H26N8S. The summed E-state index contributed by atoms with van der Waals surface area (Å²) in [5.41, 5.74) is 6.04. The van der Waals surface area contributed by atoms with Gasteiger partial charge in [-0.2, -0.15) is 0 Å². The number of guanidine groups is 1. The van der Waals surface area contributed by atoms with Gasteiger partial charge in [0.05, 0.1) is 6.33 Å². The molecule has 0 bridgehead atoms. The number of aromatic nitrogens is 4. The Hall–Kier alpha value is -3.33. The normalized spacial score (nSPS) is 11.3. The van der Waals surface area contributed by atoms with Crippen LogP contribution in [-0.4, -0.2) is 37.6 Å². The maximum Gasteiger partial charge on any atom is 0.229 e. The van der Waals surface area contributed by atoms with Crippen molar-refractivity contribution in [2.75, 3.05) is 17.2 Å². The van der Waals surface area contributed by atoms with E-state index in [0.717, 1.165) is 34.8 Å². The molecule has 0 unspecified atom stereocenters. The molecule has 0 atom stereocenters. The molecule has 1 aromatic carbocycles. The molecule has 3 rings (SSSR count). The van der Waals surface area contributed by atoms with E-state index in [4.69, 9.17) is 12.2 Å². The highest BCUT2D eigenvalue weighted by Gasteiger charge is 2.09. The first kappa shape index (κ1) is 21.4. The molecule has 3 aromatic rings. The fourth-order valence-corrected chi connectivity index (χ4v) is 3.06. The van der Waals surface area contributed by atoms with Gasteiger partial charge in [0.1, 0.15) is 0 Å². The quantitative estimate of drug-likeness (QED) is 0.284. The molecule has 0 fully saturated rings. The van der Waals surface area contributed by atoms with Gasteiger partial charge in [-0.05, 0) is 63.2 Å². The summed E-state index contributed by atoms with van der Waals surface area (Å²) in [5.74, 6) is 0.942. The van der Waals surface area contributed by atoms with Crippen LogP contribution in [0.2, 0.25) is 0 Å². The van der Waals surface area contributed by atoms with Crippen molar-refractivity contribution in [1.29, 1.82) is 0 Å². The molecule has 9 heteroatoms. The molecule has 156 valence electrons. The van der Waals surface area contributed by atoms with Gasteiger partial charge < -0.3 is 15.6 Å². The Labute approximate surface area is 181 Å². The zero-order valence-electron chi connectivity index (χ0n) is 17.6. The molecule has 0 saturated carbocycles. The first-order valence-corrected chi connectivity index (χ1v) is 10.1. The van der Waals surface area contributed by atoms with Crippen molar-refractivity contribution in [3.8, 4) is 0 Å². The van der Waals surface area contributed by atoms with E-state index in [-0.39, 0.29) is 0 Å². The van der Waals surface area contributed by atoms with E-state index in [0.29, 0.717) is 23.6 Å². The Morgan fingerprint density at radius 3 is 2.57 bits per heavy atom. The van der Waals surface area contributed by atoms with Crippen molar-refractivity contribution >= 4 is 34.9 Å². The molecule has 4 N–H and O–H groups in total. The number of benzene rings is 1. The van der Waals surface area contributed by atoms with Crippen LogP contribution < -0.4 is 16.0 Å². The van der Waals surface area contributed by atoms with Crippen LogP contribution in [0.1, 0.15) is 28.2 Å². The fraction of sp³-hybridized carbons (Fsp3) is 0.286. The van der Waals surface area contributed by atoms with Gasteiger partial charge in [-0.15, -0.1) is 0 Å². The minimum absolute atomic E-state index is 0.431. The zero-order chi connectivity index (χ0) is 21.5. The average molecular weight is 423 g/mol. The molecule has 0 amide bonds. The molecule has 0 saturated heterocycles. The summed E-state index contributed by atoms with van der Waals surface area (Å²) in [5, 5.41) is 9.95. The summed E-state index contributed by atoms with van der Waals surface area (Å²) < 4.78 is 0. The number of aromatic amines is 1. The van der Waals surface area contributed by atoms with Crippen LogP contribution >= 0.6 is 12.2 Å². The van der Waals surface area contributed by atoms with Crippen LogP contribution in [0.3, 0.4) is 0 Å². The highest BCUT2D eigenvalue weighted by molar-refractivity contribution is 7.80. The van der Waals surface area contributed by atoms with Gasteiger partial charge in [0, 0.05) is 41.9 Å². The second kappa shape index (κ2) is 9.93. The van der Waals surface area contributed by atoms with Crippen LogP contribution in [0.4, 0.5) is 11.6 Å². The standard InChI is InChI=1S/C21H26N8S/c1-13-6-5-7-18(16(13)4)27-21(30)29-19(23-9-8-17-11-22-12-24-17)28-20-25-14(2)10-15(3)26-20/h5-7,10-12H,8-9H2,1-4H3,(H,22,24)(H3,23,25,26,27,28,29,30). The number of hydrogen-bond donors (Lipinski definition) is 4. The Bertz CT molecular complexity index is 1020. The Kier molecular flexibility index (Phi) is 7.08. The molecule has 8 nitrogen and oxygen atoms in total. The lowest BCUT2D eigenvalue weighted by atomic mass is 10.1. The minimum atomic E-state index is 0.431. The van der Waals surface area contributed by atoms with Crippen molar-refractivity contribution in [3.05, 3.63) is 65.0 Å². The van der Waals surface area contributed by atoms with E-state index in [1.54, 1.807) is 12.5 Å². The molecule has 30 heavy (non-hydrogen) atoms. The summed E-state index contributed by atoms with van der Waals surface area (Å²) in [7, 11) is 0. The van der Waals surface area contributed by atoms with Crippen molar-refractivity contribution < 1.29 is 0 Å². The molecule has 0 spiro atoms. The maximum atomic E-state index is 5.51. The lowest BCUT2D eigenvalue weighted by Gasteiger charge is -2.16. The average Bonchev–Trinajstić information content (AvgIpc) is 3.18. The first-order valence-electron chi connectivity index (χ1n) is 9.66. The zero-order valence-corrected chi connectivity index (χ0v) is 18.4. The summed E-state index contributed by atoms with van der Waals surface area (Å²) in [6.45, 7) is 8.51. The van der Waals surface area contributed by atoms with E-state index in [2.05, 4.69) is 60.8 Å². The maximum absolute atomic E-state index is 5.51. The predicted molar refractivity (Wildman–Crippen MR) is 125 cm³/mol. The van der Waals surface area contributed by atoms with Crippen molar-refractivity contribution in [2.45, 2.75) is 34.1 Å². The highest BCUT2D eigenvalue weighted by Crippen LogP contribution is 2.17. The van der Waals surface area contributed by atoms with Crippen LogP contribution in [0.25, 0.3) is 0 Å². The monoisotopic (exact) mass is 422 g/mol. The predicted octanol–water partition coefficient (Wildman–Crippen LogP) is 3.43. The second-order valence-corrected chi connectivity index (χ2v) is 7.39. The fourth-order valence-electron chi connectivity index (χ4n) is 2.86. The summed E-state index contributed by atoms with van der Waals surface area (Å²) >= 11 is 5.51. The number of aryl methyl sites for hydroxylation is 3. The molecule has 0 aliphatic carbocycles. The number of H-pyrrole nitrogens is 1. The lowest BCUT2D eigenvalue weighted by Crippen LogP contribution is -2.39. The van der Waals surface area contributed by atoms with Gasteiger partial charge in [-0.1, -0.05) is 12.1 Å². The number of aliphatic imine (C=N–C) groups is 1. The summed E-state index contributed by atoms with van der Waals surface area (Å²) in [6.07, 6.45) is 4.16. The van der Waals surface area contributed by atoms with Crippen LogP contribution in [0, 0.1) is 27.7 Å². The Balaban J connectivity index is 1.73. The van der Waals surface area contributed by atoms with Gasteiger partial charge in [-0.25, -0.2) is 15.0 Å². The van der Waals surface area contributed by atoms with Gasteiger partial charge >= 0.3 is 0 Å². The van der Waals surface area contributed by atoms with E-state index in [1.165, 1.54) is 5.56 Å². The number of nitrogens with one attached hydrogen (secondary N) is 4. The first-order chi connectivity index (χ1) is 14.4. The van der Waals surface area contributed by atoms with Gasteiger partial charge in [0.15, 0.2) is 5.11 Å². The molecule has 0 aliphatic heterocycles. The number of nitrogens with zero attached hydrogens (tertiary/aromatic N) is 4. The van der Waals surface area contributed by atoms with E-state index >= 15 is 0 Å². The molecule has 0 radical (unpaired) electrons. The van der Waals surface area contributed by atoms with Crippen molar-refractivity contribution in [1.82, 2.24) is 25.3 Å². The molecule has 0 aliphatic rings. The second-order valence-electron chi connectivity index (χ2n) is 6.98. The Morgan fingerprint density at radius 1 is 1.10 bits per heavy atom. The van der Waals surface area contributed by atoms with Gasteiger partial charge in [0.25, 0.3) is 0 Å². The van der Waals surface area contributed by atoms with Crippen molar-refractivity contribution in [2.24, 2.45) is 4.99 Å². The van der Waals surface area contributed by atoms with Gasteiger partial charge in [-0.3, -0.25) is 10.3 Å². The van der Waals surface area contributed by atoms with Crippen LogP contribution in [0.5, 0.6) is 0 Å². The molecular weight excluding hydrogens is 396 g/mol. The third kappa shape index (κ3) is 6.08.